The summed E-state index contributed by atoms with van der Waals surface area (Å²) in [5.41, 5.74) is -0.447. The number of halogens is 1. The second-order valence-electron chi connectivity index (χ2n) is 4.56. The van der Waals surface area contributed by atoms with E-state index in [0.717, 1.165) is 0 Å². The lowest BCUT2D eigenvalue weighted by Crippen LogP contribution is -2.47. The van der Waals surface area contributed by atoms with Crippen LogP contribution < -0.4 is 5.32 Å². The van der Waals surface area contributed by atoms with Crippen molar-refractivity contribution >= 4 is 17.5 Å². The minimum atomic E-state index is -0.970. The molecule has 2 N–H and O–H groups in total. The third-order valence-corrected chi connectivity index (χ3v) is 3.57. The Labute approximate surface area is 111 Å². The molecule has 1 aromatic carbocycles. The Hall–Kier alpha value is -1.10. The fraction of sp³-hybridized carbons (Fsp3) is 0.462. The molecule has 2 unspecified atom stereocenters. The predicted octanol–water partition coefficient (Wildman–Crippen LogP) is 1.61. The molecule has 1 fully saturated rings. The molecule has 5 heteroatoms. The van der Waals surface area contributed by atoms with Crippen molar-refractivity contribution in [3.8, 4) is 0 Å². The summed E-state index contributed by atoms with van der Waals surface area (Å²) in [6, 6.07) is 6.62. The van der Waals surface area contributed by atoms with Crippen LogP contribution in [0, 0.1) is 0 Å². The predicted molar refractivity (Wildman–Crippen MR) is 68.8 cm³/mol. The molecular formula is C13H16ClNO3. The largest absolute Gasteiger partial charge is 0.385 e. The molecule has 0 aromatic heterocycles. The molecule has 1 heterocycles. The van der Waals surface area contributed by atoms with Crippen molar-refractivity contribution < 1.29 is 14.6 Å². The standard InChI is InChI=1S/C13H16ClNO3/c1-9-13(17,6-7-18-9)8-15-12(16)10-2-4-11(14)5-3-10/h2-5,9,17H,6-8H2,1H3,(H,15,16). The molecule has 2 rings (SSSR count). The Kier molecular flexibility index (Phi) is 3.90. The van der Waals surface area contributed by atoms with Gasteiger partial charge >= 0.3 is 0 Å². The number of hydrogen-bond acceptors (Lipinski definition) is 3. The highest BCUT2D eigenvalue weighted by Crippen LogP contribution is 2.24. The highest BCUT2D eigenvalue weighted by molar-refractivity contribution is 6.30. The fourth-order valence-corrected chi connectivity index (χ4v) is 2.07. The first-order valence-corrected chi connectivity index (χ1v) is 6.27. The zero-order chi connectivity index (χ0) is 13.2. The molecule has 0 aliphatic carbocycles. The third kappa shape index (κ3) is 2.83. The van der Waals surface area contributed by atoms with Crippen LogP contribution in [0.1, 0.15) is 23.7 Å². The van der Waals surface area contributed by atoms with Crippen molar-refractivity contribution in [1.29, 1.82) is 0 Å². The summed E-state index contributed by atoms with van der Waals surface area (Å²) in [4.78, 5) is 11.9. The second kappa shape index (κ2) is 5.26. The van der Waals surface area contributed by atoms with Gasteiger partial charge in [-0.05, 0) is 31.2 Å². The van der Waals surface area contributed by atoms with Gasteiger partial charge in [0.2, 0.25) is 0 Å². The van der Waals surface area contributed by atoms with Gasteiger partial charge in [-0.1, -0.05) is 11.6 Å². The molecule has 1 aliphatic rings. The van der Waals surface area contributed by atoms with Crippen molar-refractivity contribution in [1.82, 2.24) is 5.32 Å². The average molecular weight is 270 g/mol. The van der Waals surface area contributed by atoms with Crippen LogP contribution in [0.15, 0.2) is 24.3 Å². The van der Waals surface area contributed by atoms with E-state index in [4.69, 9.17) is 16.3 Å². The van der Waals surface area contributed by atoms with Crippen LogP contribution in [-0.2, 0) is 4.74 Å². The lowest BCUT2D eigenvalue weighted by atomic mass is 9.96. The minimum Gasteiger partial charge on any atom is -0.385 e. The van der Waals surface area contributed by atoms with E-state index in [0.29, 0.717) is 23.6 Å². The van der Waals surface area contributed by atoms with Crippen molar-refractivity contribution in [2.75, 3.05) is 13.2 Å². The van der Waals surface area contributed by atoms with E-state index in [1.165, 1.54) is 0 Å². The average Bonchev–Trinajstić information content (AvgIpc) is 2.68. The lowest BCUT2D eigenvalue weighted by molar-refractivity contribution is -0.0251. The number of hydrogen-bond donors (Lipinski definition) is 2. The van der Waals surface area contributed by atoms with Crippen molar-refractivity contribution in [3.05, 3.63) is 34.9 Å². The first kappa shape index (κ1) is 13.3. The summed E-state index contributed by atoms with van der Waals surface area (Å²) in [5, 5.41) is 13.5. The van der Waals surface area contributed by atoms with Gasteiger partial charge in [-0.2, -0.15) is 0 Å². The molecule has 98 valence electrons. The minimum absolute atomic E-state index is 0.190. The van der Waals surface area contributed by atoms with Gasteiger partial charge < -0.3 is 15.2 Å². The van der Waals surface area contributed by atoms with Gasteiger partial charge in [-0.25, -0.2) is 0 Å². The van der Waals surface area contributed by atoms with Crippen LogP contribution in [-0.4, -0.2) is 35.9 Å². The van der Waals surface area contributed by atoms with Crippen LogP contribution in [0.5, 0.6) is 0 Å². The molecule has 1 aliphatic heterocycles. The molecule has 1 saturated heterocycles. The molecule has 0 radical (unpaired) electrons. The topological polar surface area (TPSA) is 58.6 Å². The number of ether oxygens (including phenoxy) is 1. The summed E-state index contributed by atoms with van der Waals surface area (Å²) in [6.07, 6.45) is 0.276. The highest BCUT2D eigenvalue weighted by Gasteiger charge is 2.39. The molecule has 4 nitrogen and oxygen atoms in total. The summed E-state index contributed by atoms with van der Waals surface area (Å²) in [5.74, 6) is -0.223. The van der Waals surface area contributed by atoms with E-state index in [-0.39, 0.29) is 18.6 Å². The zero-order valence-corrected chi connectivity index (χ0v) is 10.9. The van der Waals surface area contributed by atoms with E-state index >= 15 is 0 Å². The quantitative estimate of drug-likeness (QED) is 0.877. The summed E-state index contributed by atoms with van der Waals surface area (Å²) >= 11 is 5.75. The molecule has 1 amide bonds. The molecule has 0 spiro atoms. The summed E-state index contributed by atoms with van der Waals surface area (Å²) in [6.45, 7) is 2.52. The number of aliphatic hydroxyl groups is 1. The van der Waals surface area contributed by atoms with Gasteiger partial charge in [0, 0.05) is 30.2 Å². The van der Waals surface area contributed by atoms with Crippen molar-refractivity contribution in [3.63, 3.8) is 0 Å². The summed E-state index contributed by atoms with van der Waals surface area (Å²) in [7, 11) is 0. The van der Waals surface area contributed by atoms with E-state index in [9.17, 15) is 9.90 Å². The maximum atomic E-state index is 11.9. The Bertz CT molecular complexity index is 434. The smallest absolute Gasteiger partial charge is 0.251 e. The number of carbonyl (C=O) groups excluding carboxylic acids is 1. The monoisotopic (exact) mass is 269 g/mol. The van der Waals surface area contributed by atoms with Crippen LogP contribution >= 0.6 is 11.6 Å². The van der Waals surface area contributed by atoms with Gasteiger partial charge in [0.25, 0.3) is 5.91 Å². The Morgan fingerprint density at radius 1 is 1.56 bits per heavy atom. The molecule has 2 atom stereocenters. The Morgan fingerprint density at radius 2 is 2.22 bits per heavy atom. The van der Waals surface area contributed by atoms with Gasteiger partial charge in [-0.3, -0.25) is 4.79 Å². The number of amides is 1. The van der Waals surface area contributed by atoms with E-state index < -0.39 is 5.60 Å². The van der Waals surface area contributed by atoms with Gasteiger partial charge in [0.1, 0.15) is 5.60 Å². The van der Waals surface area contributed by atoms with Crippen LogP contribution in [0.4, 0.5) is 0 Å². The van der Waals surface area contributed by atoms with Crippen molar-refractivity contribution in [2.45, 2.75) is 25.0 Å². The zero-order valence-electron chi connectivity index (χ0n) is 10.1. The van der Waals surface area contributed by atoms with Crippen LogP contribution in [0.3, 0.4) is 0 Å². The second-order valence-corrected chi connectivity index (χ2v) is 4.99. The van der Waals surface area contributed by atoms with Gasteiger partial charge in [0.05, 0.1) is 6.10 Å². The number of carbonyl (C=O) groups is 1. The number of rotatable bonds is 3. The van der Waals surface area contributed by atoms with E-state index in [1.807, 2.05) is 0 Å². The van der Waals surface area contributed by atoms with Crippen LogP contribution in [0.25, 0.3) is 0 Å². The van der Waals surface area contributed by atoms with Gasteiger partial charge in [0.15, 0.2) is 0 Å². The number of benzene rings is 1. The van der Waals surface area contributed by atoms with Gasteiger partial charge in [-0.15, -0.1) is 0 Å². The fourth-order valence-electron chi connectivity index (χ4n) is 1.94. The first-order chi connectivity index (χ1) is 8.51. The van der Waals surface area contributed by atoms with Crippen LogP contribution in [0.2, 0.25) is 5.02 Å². The Morgan fingerprint density at radius 3 is 2.78 bits per heavy atom. The molecule has 0 saturated carbocycles. The maximum Gasteiger partial charge on any atom is 0.251 e. The maximum absolute atomic E-state index is 11.9. The third-order valence-electron chi connectivity index (χ3n) is 3.32. The SMILES string of the molecule is CC1OCCC1(O)CNC(=O)c1ccc(Cl)cc1. The molecule has 18 heavy (non-hydrogen) atoms. The molecule has 0 bridgehead atoms. The first-order valence-electron chi connectivity index (χ1n) is 5.89. The van der Waals surface area contributed by atoms with E-state index in [2.05, 4.69) is 5.32 Å². The summed E-state index contributed by atoms with van der Waals surface area (Å²) < 4.78 is 5.30. The van der Waals surface area contributed by atoms with E-state index in [1.54, 1.807) is 31.2 Å². The lowest BCUT2D eigenvalue weighted by Gasteiger charge is -2.26. The molecular weight excluding hydrogens is 254 g/mol. The molecule has 1 aromatic rings. The van der Waals surface area contributed by atoms with Crippen molar-refractivity contribution in [2.24, 2.45) is 0 Å². The Balaban J connectivity index is 1.94. The highest BCUT2D eigenvalue weighted by atomic mass is 35.5. The normalized spacial score (nSPS) is 27.2. The number of nitrogens with one attached hydrogen (secondary N) is 1.